The summed E-state index contributed by atoms with van der Waals surface area (Å²) in [6.45, 7) is 0.350. The average Bonchev–Trinajstić information content (AvgIpc) is 3.17. The van der Waals surface area contributed by atoms with Crippen LogP contribution in [0.5, 0.6) is 0 Å². The number of hydrogen-bond donors (Lipinski definition) is 1. The van der Waals surface area contributed by atoms with Crippen LogP contribution in [-0.2, 0) is 17.5 Å². The van der Waals surface area contributed by atoms with Gasteiger partial charge in [-0.3, -0.25) is 14.9 Å². The number of rotatable bonds is 3. The smallest absolute Gasteiger partial charge is 0.326 e. The maximum atomic E-state index is 12.7. The van der Waals surface area contributed by atoms with E-state index in [1.807, 2.05) is 10.6 Å². The minimum Gasteiger partial charge on any atom is -0.326 e. The molecule has 28 heavy (non-hydrogen) atoms. The molecule has 1 saturated heterocycles. The van der Waals surface area contributed by atoms with Gasteiger partial charge in [0.05, 0.1) is 27.8 Å². The van der Waals surface area contributed by atoms with Gasteiger partial charge in [-0.05, 0) is 53.2 Å². The number of imide groups is 1. The van der Waals surface area contributed by atoms with E-state index in [1.165, 1.54) is 12.1 Å². The molecule has 1 N–H and O–H groups in total. The quantitative estimate of drug-likeness (QED) is 0.658. The molecule has 0 unspecified atom stereocenters. The lowest BCUT2D eigenvalue weighted by molar-refractivity contribution is -0.137. The van der Waals surface area contributed by atoms with E-state index in [0.717, 1.165) is 29.4 Å². The first-order valence-corrected chi connectivity index (χ1v) is 8.97. The van der Waals surface area contributed by atoms with Crippen LogP contribution in [0.4, 0.5) is 18.0 Å². The molecular weight excluding hydrogens is 391 g/mol. The summed E-state index contributed by atoms with van der Waals surface area (Å²) >= 11 is 0.833. The number of benzene rings is 2. The fourth-order valence-electron chi connectivity index (χ4n) is 2.86. The Kier molecular flexibility index (Phi) is 4.46. The second-order valence-corrected chi connectivity index (χ2v) is 7.18. The van der Waals surface area contributed by atoms with Gasteiger partial charge in [-0.25, -0.2) is 4.98 Å². The lowest BCUT2D eigenvalue weighted by atomic mass is 10.1. The maximum Gasteiger partial charge on any atom is 0.416 e. The van der Waals surface area contributed by atoms with Gasteiger partial charge in [0, 0.05) is 6.54 Å². The Morgan fingerprint density at radius 3 is 2.50 bits per heavy atom. The SMILES string of the molecule is O=C1NC(=O)/C(=C\c2ccc3ncn(Cc4ccc(C(F)(F)F)cc4)c3c2)S1. The third-order valence-corrected chi connectivity index (χ3v) is 5.03. The number of carbonyl (C=O) groups excluding carboxylic acids is 2. The highest BCUT2D eigenvalue weighted by molar-refractivity contribution is 8.18. The summed E-state index contributed by atoms with van der Waals surface area (Å²) in [5, 5.41) is 1.79. The summed E-state index contributed by atoms with van der Waals surface area (Å²) in [4.78, 5) is 27.6. The number of thioether (sulfide) groups is 1. The molecule has 3 aromatic rings. The zero-order valence-corrected chi connectivity index (χ0v) is 15.0. The zero-order chi connectivity index (χ0) is 19.9. The molecule has 9 heteroatoms. The van der Waals surface area contributed by atoms with E-state index in [0.29, 0.717) is 28.1 Å². The Balaban J connectivity index is 1.62. The van der Waals surface area contributed by atoms with Crippen LogP contribution in [0.1, 0.15) is 16.7 Å². The van der Waals surface area contributed by atoms with Crippen LogP contribution in [0.2, 0.25) is 0 Å². The van der Waals surface area contributed by atoms with Crippen molar-refractivity contribution in [3.63, 3.8) is 0 Å². The summed E-state index contributed by atoms with van der Waals surface area (Å²) in [6, 6.07) is 10.4. The first-order valence-electron chi connectivity index (χ1n) is 8.15. The summed E-state index contributed by atoms with van der Waals surface area (Å²) in [5.41, 5.74) is 2.21. The Labute approximate surface area is 161 Å². The highest BCUT2D eigenvalue weighted by Crippen LogP contribution is 2.30. The number of hydrogen-bond acceptors (Lipinski definition) is 4. The highest BCUT2D eigenvalue weighted by Gasteiger charge is 2.30. The van der Waals surface area contributed by atoms with Crippen LogP contribution in [-0.4, -0.2) is 20.7 Å². The lowest BCUT2D eigenvalue weighted by Crippen LogP contribution is -2.17. The van der Waals surface area contributed by atoms with Crippen molar-refractivity contribution in [2.24, 2.45) is 0 Å². The van der Waals surface area contributed by atoms with Crippen molar-refractivity contribution in [2.75, 3.05) is 0 Å². The van der Waals surface area contributed by atoms with E-state index in [2.05, 4.69) is 10.3 Å². The number of imidazole rings is 1. The molecule has 2 aromatic carbocycles. The molecule has 0 aliphatic carbocycles. The number of alkyl halides is 3. The Morgan fingerprint density at radius 2 is 1.86 bits per heavy atom. The van der Waals surface area contributed by atoms with Crippen molar-refractivity contribution in [3.05, 3.63) is 70.4 Å². The molecule has 4 rings (SSSR count). The molecule has 1 fully saturated rings. The van der Waals surface area contributed by atoms with Gasteiger partial charge in [-0.15, -0.1) is 0 Å². The topological polar surface area (TPSA) is 64.0 Å². The molecule has 0 saturated carbocycles. The minimum atomic E-state index is -4.37. The van der Waals surface area contributed by atoms with Crippen molar-refractivity contribution in [1.82, 2.24) is 14.9 Å². The van der Waals surface area contributed by atoms with Crippen molar-refractivity contribution < 1.29 is 22.8 Å². The summed E-state index contributed by atoms with van der Waals surface area (Å²) in [7, 11) is 0. The monoisotopic (exact) mass is 403 g/mol. The summed E-state index contributed by atoms with van der Waals surface area (Å²) in [6.07, 6.45) is -1.14. The van der Waals surface area contributed by atoms with E-state index in [-0.39, 0.29) is 0 Å². The van der Waals surface area contributed by atoms with E-state index in [1.54, 1.807) is 24.5 Å². The number of fused-ring (bicyclic) bond motifs is 1. The van der Waals surface area contributed by atoms with Gasteiger partial charge >= 0.3 is 6.18 Å². The first-order chi connectivity index (χ1) is 13.3. The van der Waals surface area contributed by atoms with Crippen LogP contribution in [0.3, 0.4) is 0 Å². The first kappa shape index (κ1) is 18.3. The second kappa shape index (κ2) is 6.83. The molecule has 1 aliphatic rings. The van der Waals surface area contributed by atoms with Crippen LogP contribution in [0.15, 0.2) is 53.7 Å². The van der Waals surface area contributed by atoms with Crippen molar-refractivity contribution >= 4 is 40.0 Å². The highest BCUT2D eigenvalue weighted by atomic mass is 32.2. The summed E-state index contributed by atoms with van der Waals surface area (Å²) in [5.74, 6) is -0.437. The third-order valence-electron chi connectivity index (χ3n) is 4.22. The second-order valence-electron chi connectivity index (χ2n) is 6.17. The predicted molar refractivity (Wildman–Crippen MR) is 99.4 cm³/mol. The molecule has 0 bridgehead atoms. The van der Waals surface area contributed by atoms with Crippen molar-refractivity contribution in [1.29, 1.82) is 0 Å². The van der Waals surface area contributed by atoms with Gasteiger partial charge in [0.2, 0.25) is 0 Å². The zero-order valence-electron chi connectivity index (χ0n) is 14.2. The molecular formula is C19H12F3N3O2S. The molecule has 5 nitrogen and oxygen atoms in total. The van der Waals surface area contributed by atoms with E-state index in [9.17, 15) is 22.8 Å². The molecule has 0 radical (unpaired) electrons. The van der Waals surface area contributed by atoms with Crippen molar-refractivity contribution in [2.45, 2.75) is 12.7 Å². The molecule has 0 spiro atoms. The molecule has 1 aliphatic heterocycles. The Morgan fingerprint density at radius 1 is 1.11 bits per heavy atom. The number of halogens is 3. The standard InChI is InChI=1S/C19H12F3N3O2S/c20-19(21,22)13-4-1-11(2-5-13)9-25-10-23-14-6-3-12(7-15(14)25)8-16-17(26)24-18(27)28-16/h1-8,10H,9H2,(H,24,26,27)/b16-8+. The van der Waals surface area contributed by atoms with Crippen LogP contribution in [0, 0.1) is 0 Å². The number of aromatic nitrogens is 2. The predicted octanol–water partition coefficient (Wildman–Crippen LogP) is 4.43. The van der Waals surface area contributed by atoms with E-state index < -0.39 is 22.9 Å². The Bertz CT molecular complexity index is 1120. The lowest BCUT2D eigenvalue weighted by Gasteiger charge is -2.09. The summed E-state index contributed by atoms with van der Waals surface area (Å²) < 4.78 is 39.9. The van der Waals surface area contributed by atoms with E-state index in [4.69, 9.17) is 0 Å². The van der Waals surface area contributed by atoms with Gasteiger partial charge in [0.15, 0.2) is 0 Å². The molecule has 2 amide bonds. The fourth-order valence-corrected chi connectivity index (χ4v) is 3.54. The largest absolute Gasteiger partial charge is 0.416 e. The number of amides is 2. The normalized spacial score (nSPS) is 16.2. The maximum absolute atomic E-state index is 12.7. The molecule has 142 valence electrons. The molecule has 2 heterocycles. The van der Waals surface area contributed by atoms with E-state index >= 15 is 0 Å². The number of nitrogens with zero attached hydrogens (tertiary/aromatic N) is 2. The number of nitrogens with one attached hydrogen (secondary N) is 1. The third kappa shape index (κ3) is 3.65. The van der Waals surface area contributed by atoms with Gasteiger partial charge < -0.3 is 4.57 Å². The van der Waals surface area contributed by atoms with Gasteiger partial charge in [0.25, 0.3) is 11.1 Å². The van der Waals surface area contributed by atoms with Gasteiger partial charge in [-0.1, -0.05) is 18.2 Å². The Hall–Kier alpha value is -3.07. The average molecular weight is 403 g/mol. The van der Waals surface area contributed by atoms with Gasteiger partial charge in [0.1, 0.15) is 0 Å². The molecule has 1 aromatic heterocycles. The minimum absolute atomic E-state index is 0.304. The van der Waals surface area contributed by atoms with Crippen molar-refractivity contribution in [3.8, 4) is 0 Å². The fraction of sp³-hybridized carbons (Fsp3) is 0.105. The van der Waals surface area contributed by atoms with Crippen LogP contribution >= 0.6 is 11.8 Å². The van der Waals surface area contributed by atoms with Crippen LogP contribution in [0.25, 0.3) is 17.1 Å². The van der Waals surface area contributed by atoms with Crippen LogP contribution < -0.4 is 5.32 Å². The number of carbonyl (C=O) groups is 2. The van der Waals surface area contributed by atoms with Gasteiger partial charge in [-0.2, -0.15) is 13.2 Å². The molecule has 0 atom stereocenters.